The van der Waals surface area contributed by atoms with E-state index in [1.165, 1.54) is 19.2 Å². The highest BCUT2D eigenvalue weighted by molar-refractivity contribution is 7.90. The van der Waals surface area contributed by atoms with Crippen LogP contribution < -0.4 is 14.9 Å². The fraction of sp³-hybridized carbons (Fsp3) is 0.300. The second-order valence-electron chi connectivity index (χ2n) is 6.47. The van der Waals surface area contributed by atoms with Crippen LogP contribution in [0.15, 0.2) is 52.5 Å². The zero-order chi connectivity index (χ0) is 20.9. The molecule has 0 spiro atoms. The number of rotatable bonds is 7. The van der Waals surface area contributed by atoms with Crippen molar-refractivity contribution in [2.75, 3.05) is 13.4 Å². The first kappa shape index (κ1) is 21.4. The van der Waals surface area contributed by atoms with Gasteiger partial charge >= 0.3 is 0 Å². The molecule has 0 saturated heterocycles. The first-order chi connectivity index (χ1) is 13.1. The maximum atomic E-state index is 12.4. The van der Waals surface area contributed by atoms with Crippen molar-refractivity contribution >= 4 is 21.5 Å². The van der Waals surface area contributed by atoms with Gasteiger partial charge in [0.1, 0.15) is 0 Å². The van der Waals surface area contributed by atoms with Crippen molar-refractivity contribution < 1.29 is 22.7 Å². The summed E-state index contributed by atoms with van der Waals surface area (Å²) in [4.78, 5) is 12.6. The number of benzene rings is 2. The summed E-state index contributed by atoms with van der Waals surface area (Å²) < 4.78 is 33.9. The molecule has 0 atom stereocenters. The van der Waals surface area contributed by atoms with Crippen molar-refractivity contribution in [1.29, 1.82) is 0 Å². The van der Waals surface area contributed by atoms with Gasteiger partial charge in [0.25, 0.3) is 5.91 Å². The van der Waals surface area contributed by atoms with Crippen LogP contribution >= 0.6 is 0 Å². The molecule has 1 N–H and O–H groups in total. The number of hydrogen-bond acceptors (Lipinski definition) is 6. The van der Waals surface area contributed by atoms with Crippen molar-refractivity contribution in [3.05, 3.63) is 53.6 Å². The van der Waals surface area contributed by atoms with E-state index in [0.29, 0.717) is 28.3 Å². The molecule has 28 heavy (non-hydrogen) atoms. The van der Waals surface area contributed by atoms with Crippen LogP contribution in [0.2, 0.25) is 0 Å². The van der Waals surface area contributed by atoms with E-state index in [9.17, 15) is 13.2 Å². The highest BCUT2D eigenvalue weighted by Crippen LogP contribution is 2.29. The SMILES string of the molecule is COc1cc(C(=O)N/N=C(/C)c2ccc(S(C)(=O)=O)cc2)ccc1OC(C)C. The molecule has 2 aromatic carbocycles. The largest absolute Gasteiger partial charge is 0.493 e. The third-order valence-corrected chi connectivity index (χ3v) is 4.94. The van der Waals surface area contributed by atoms with Crippen LogP contribution in [0.1, 0.15) is 36.7 Å². The Labute approximate surface area is 165 Å². The number of sulfone groups is 1. The third-order valence-electron chi connectivity index (χ3n) is 3.81. The van der Waals surface area contributed by atoms with E-state index >= 15 is 0 Å². The lowest BCUT2D eigenvalue weighted by molar-refractivity contribution is 0.0954. The van der Waals surface area contributed by atoms with Gasteiger partial charge in [0.15, 0.2) is 21.3 Å². The first-order valence-corrected chi connectivity index (χ1v) is 10.5. The lowest BCUT2D eigenvalue weighted by atomic mass is 10.1. The number of carbonyl (C=O) groups excluding carboxylic acids is 1. The Hall–Kier alpha value is -2.87. The number of ether oxygens (including phenoxy) is 2. The summed E-state index contributed by atoms with van der Waals surface area (Å²) in [7, 11) is -1.75. The van der Waals surface area contributed by atoms with Crippen molar-refractivity contribution in [1.82, 2.24) is 5.43 Å². The zero-order valence-electron chi connectivity index (χ0n) is 16.5. The third kappa shape index (κ3) is 5.56. The molecular weight excluding hydrogens is 380 g/mol. The summed E-state index contributed by atoms with van der Waals surface area (Å²) in [6, 6.07) is 11.2. The molecule has 8 heteroatoms. The minimum atomic E-state index is -3.26. The molecule has 0 unspecified atom stereocenters. The van der Waals surface area contributed by atoms with Gasteiger partial charge in [0.05, 0.1) is 23.8 Å². The maximum absolute atomic E-state index is 12.4. The molecule has 150 valence electrons. The summed E-state index contributed by atoms with van der Waals surface area (Å²) >= 11 is 0. The predicted molar refractivity (Wildman–Crippen MR) is 108 cm³/mol. The zero-order valence-corrected chi connectivity index (χ0v) is 17.3. The summed E-state index contributed by atoms with van der Waals surface area (Å²) in [5, 5.41) is 4.08. The van der Waals surface area contributed by atoms with E-state index in [0.717, 1.165) is 6.26 Å². The van der Waals surface area contributed by atoms with E-state index < -0.39 is 15.7 Å². The van der Waals surface area contributed by atoms with E-state index in [2.05, 4.69) is 10.5 Å². The van der Waals surface area contributed by atoms with Crippen molar-refractivity contribution in [2.45, 2.75) is 31.8 Å². The van der Waals surface area contributed by atoms with Crippen LogP contribution in [-0.2, 0) is 9.84 Å². The van der Waals surface area contributed by atoms with Gasteiger partial charge in [-0.05, 0) is 56.7 Å². The molecule has 0 aromatic heterocycles. The molecule has 0 aliphatic heterocycles. The van der Waals surface area contributed by atoms with Crippen LogP contribution in [0.25, 0.3) is 0 Å². The fourth-order valence-corrected chi connectivity index (χ4v) is 3.00. The first-order valence-electron chi connectivity index (χ1n) is 8.61. The fourth-order valence-electron chi connectivity index (χ4n) is 2.37. The second kappa shape index (κ2) is 8.88. The Balaban J connectivity index is 2.14. The van der Waals surface area contributed by atoms with Crippen LogP contribution in [0.3, 0.4) is 0 Å². The topological polar surface area (TPSA) is 94.1 Å². The number of hydrogen-bond donors (Lipinski definition) is 1. The molecular formula is C20H24N2O5S. The Kier molecular flexibility index (Phi) is 6.80. The maximum Gasteiger partial charge on any atom is 0.271 e. The van der Waals surface area contributed by atoms with Gasteiger partial charge in [-0.25, -0.2) is 13.8 Å². The minimum absolute atomic E-state index is 0.0186. The Morgan fingerprint density at radius 2 is 1.64 bits per heavy atom. The van der Waals surface area contributed by atoms with Gasteiger partial charge in [-0.15, -0.1) is 0 Å². The van der Waals surface area contributed by atoms with E-state index in [4.69, 9.17) is 9.47 Å². The Morgan fingerprint density at radius 3 is 2.18 bits per heavy atom. The summed E-state index contributed by atoms with van der Waals surface area (Å²) in [5.41, 5.74) is 4.10. The molecule has 2 rings (SSSR count). The number of hydrazone groups is 1. The normalized spacial score (nSPS) is 12.0. The van der Waals surface area contributed by atoms with Gasteiger partial charge in [-0.3, -0.25) is 4.79 Å². The van der Waals surface area contributed by atoms with Crippen molar-refractivity contribution in [3.63, 3.8) is 0 Å². The minimum Gasteiger partial charge on any atom is -0.493 e. The number of methoxy groups -OCH3 is 1. The average molecular weight is 404 g/mol. The molecule has 0 radical (unpaired) electrons. The Bertz CT molecular complexity index is 980. The van der Waals surface area contributed by atoms with Gasteiger partial charge < -0.3 is 9.47 Å². The van der Waals surface area contributed by atoms with Gasteiger partial charge in [0, 0.05) is 11.8 Å². The lowest BCUT2D eigenvalue weighted by Gasteiger charge is -2.14. The number of nitrogens with zero attached hydrogens (tertiary/aromatic N) is 1. The van der Waals surface area contributed by atoms with Gasteiger partial charge in [0.2, 0.25) is 0 Å². The summed E-state index contributed by atoms with van der Waals surface area (Å²) in [6.07, 6.45) is 1.13. The monoisotopic (exact) mass is 404 g/mol. The lowest BCUT2D eigenvalue weighted by Crippen LogP contribution is -2.19. The highest BCUT2D eigenvalue weighted by atomic mass is 32.2. The van der Waals surface area contributed by atoms with Crippen LogP contribution in [0.4, 0.5) is 0 Å². The number of amides is 1. The molecule has 0 heterocycles. The van der Waals surface area contributed by atoms with E-state index in [-0.39, 0.29) is 11.0 Å². The number of nitrogens with one attached hydrogen (secondary N) is 1. The molecule has 0 bridgehead atoms. The highest BCUT2D eigenvalue weighted by Gasteiger charge is 2.12. The quantitative estimate of drug-likeness (QED) is 0.565. The number of carbonyl (C=O) groups is 1. The van der Waals surface area contributed by atoms with Crippen LogP contribution in [-0.4, -0.2) is 39.5 Å². The Morgan fingerprint density at radius 1 is 1.04 bits per heavy atom. The molecule has 0 saturated carbocycles. The smallest absolute Gasteiger partial charge is 0.271 e. The molecule has 1 amide bonds. The molecule has 2 aromatic rings. The molecule has 0 fully saturated rings. The van der Waals surface area contributed by atoms with Gasteiger partial charge in [-0.1, -0.05) is 12.1 Å². The van der Waals surface area contributed by atoms with Crippen LogP contribution in [0, 0.1) is 0 Å². The van der Waals surface area contributed by atoms with Crippen molar-refractivity contribution in [3.8, 4) is 11.5 Å². The second-order valence-corrected chi connectivity index (χ2v) is 8.48. The molecule has 7 nitrogen and oxygen atoms in total. The summed E-state index contributed by atoms with van der Waals surface area (Å²) in [6.45, 7) is 5.52. The van der Waals surface area contributed by atoms with E-state index in [1.54, 1.807) is 37.3 Å². The molecule has 0 aliphatic carbocycles. The predicted octanol–water partition coefficient (Wildman–Crippen LogP) is 3.04. The molecule has 0 aliphatic rings. The summed E-state index contributed by atoms with van der Waals surface area (Å²) in [5.74, 6) is 0.611. The van der Waals surface area contributed by atoms with Crippen molar-refractivity contribution in [2.24, 2.45) is 5.10 Å². The van der Waals surface area contributed by atoms with E-state index in [1.807, 2.05) is 13.8 Å². The standard InChI is InChI=1S/C20H24N2O5S/c1-13(2)27-18-11-8-16(12-19(18)26-4)20(23)22-21-14(3)15-6-9-17(10-7-15)28(5,24)25/h6-13H,1-5H3,(H,22,23)/b21-14-. The van der Waals surface area contributed by atoms with Gasteiger partial charge in [-0.2, -0.15) is 5.10 Å². The average Bonchev–Trinajstić information content (AvgIpc) is 2.65. The van der Waals surface area contributed by atoms with Crippen LogP contribution in [0.5, 0.6) is 11.5 Å².